The van der Waals surface area contributed by atoms with E-state index in [4.69, 9.17) is 5.73 Å². The fourth-order valence-electron chi connectivity index (χ4n) is 2.50. The van der Waals surface area contributed by atoms with Gasteiger partial charge in [0.1, 0.15) is 5.82 Å². The van der Waals surface area contributed by atoms with Crippen LogP contribution >= 0.6 is 0 Å². The van der Waals surface area contributed by atoms with Gasteiger partial charge in [0.25, 0.3) is 0 Å². The Bertz CT molecular complexity index is 804. The van der Waals surface area contributed by atoms with Crippen LogP contribution in [0.25, 0.3) is 11.0 Å². The van der Waals surface area contributed by atoms with Crippen molar-refractivity contribution in [1.82, 2.24) is 20.0 Å². The summed E-state index contributed by atoms with van der Waals surface area (Å²) in [6, 6.07) is 9.06. The summed E-state index contributed by atoms with van der Waals surface area (Å²) in [5.74, 6) is 0.284. The molecule has 2 aromatic heterocycles. The zero-order valence-electron chi connectivity index (χ0n) is 12.5. The summed E-state index contributed by atoms with van der Waals surface area (Å²) >= 11 is 0. The number of amides is 1. The van der Waals surface area contributed by atoms with Gasteiger partial charge in [-0.2, -0.15) is 10.2 Å². The molecule has 0 radical (unpaired) electrons. The SMILES string of the molecule is Cc1nn(C)c2n[nH]c(NC(=O)[C@@H](N)Cc3ccccc3)c12. The van der Waals surface area contributed by atoms with Crippen molar-refractivity contribution in [3.8, 4) is 0 Å². The minimum atomic E-state index is -0.627. The standard InChI is InChI=1S/C15H18N6O/c1-9-12-13(18-19-14(12)21(2)20-9)17-15(22)11(16)8-10-6-4-3-5-7-10/h3-7,11H,8,16H2,1-2H3,(H2,17,18,19,22)/t11-/m0/s1. The molecule has 7 heteroatoms. The van der Waals surface area contributed by atoms with E-state index in [-0.39, 0.29) is 5.91 Å². The first-order valence-electron chi connectivity index (χ1n) is 7.04. The number of aromatic amines is 1. The second-order valence-corrected chi connectivity index (χ2v) is 5.29. The van der Waals surface area contributed by atoms with Crippen molar-refractivity contribution in [1.29, 1.82) is 0 Å². The molecule has 1 amide bonds. The van der Waals surface area contributed by atoms with E-state index in [1.54, 1.807) is 4.68 Å². The maximum absolute atomic E-state index is 12.3. The molecule has 1 atom stereocenters. The van der Waals surface area contributed by atoms with E-state index in [1.807, 2.05) is 44.3 Å². The Balaban J connectivity index is 1.75. The lowest BCUT2D eigenvalue weighted by molar-refractivity contribution is -0.117. The van der Waals surface area contributed by atoms with Gasteiger partial charge in [0.15, 0.2) is 5.65 Å². The number of rotatable bonds is 4. The molecule has 4 N–H and O–H groups in total. The lowest BCUT2D eigenvalue weighted by atomic mass is 10.1. The molecule has 7 nitrogen and oxygen atoms in total. The van der Waals surface area contributed by atoms with Crippen LogP contribution in [0.2, 0.25) is 0 Å². The number of aromatic nitrogens is 4. The Labute approximate surface area is 127 Å². The molecule has 3 aromatic rings. The van der Waals surface area contributed by atoms with Crippen LogP contribution in [0, 0.1) is 6.92 Å². The molecule has 22 heavy (non-hydrogen) atoms. The summed E-state index contributed by atoms with van der Waals surface area (Å²) in [5.41, 5.74) is 8.51. The van der Waals surface area contributed by atoms with Gasteiger partial charge >= 0.3 is 0 Å². The van der Waals surface area contributed by atoms with E-state index in [0.717, 1.165) is 16.6 Å². The Morgan fingerprint density at radius 1 is 1.41 bits per heavy atom. The average Bonchev–Trinajstić information content (AvgIpc) is 3.03. The number of nitrogens with one attached hydrogen (secondary N) is 2. The maximum Gasteiger partial charge on any atom is 0.242 e. The molecule has 0 aliphatic heterocycles. The molecule has 0 saturated heterocycles. The third-order valence-corrected chi connectivity index (χ3v) is 3.60. The number of aryl methyl sites for hydroxylation is 2. The molecule has 0 aliphatic rings. The molecule has 0 saturated carbocycles. The third kappa shape index (κ3) is 2.58. The van der Waals surface area contributed by atoms with Gasteiger partial charge in [-0.3, -0.25) is 9.89 Å². The summed E-state index contributed by atoms with van der Waals surface area (Å²) in [6.07, 6.45) is 0.482. The number of fused-ring (bicyclic) bond motifs is 1. The number of benzene rings is 1. The first-order chi connectivity index (χ1) is 10.6. The zero-order chi connectivity index (χ0) is 15.7. The van der Waals surface area contributed by atoms with Crippen molar-refractivity contribution in [2.75, 3.05) is 5.32 Å². The summed E-state index contributed by atoms with van der Waals surface area (Å²) < 4.78 is 1.67. The van der Waals surface area contributed by atoms with Crippen LogP contribution in [-0.2, 0) is 18.3 Å². The number of anilines is 1. The van der Waals surface area contributed by atoms with Gasteiger partial charge < -0.3 is 11.1 Å². The van der Waals surface area contributed by atoms with Crippen LogP contribution in [0.3, 0.4) is 0 Å². The van der Waals surface area contributed by atoms with E-state index in [1.165, 1.54) is 0 Å². The quantitative estimate of drug-likeness (QED) is 0.671. The van der Waals surface area contributed by atoms with Crippen molar-refractivity contribution in [2.24, 2.45) is 12.8 Å². The first-order valence-corrected chi connectivity index (χ1v) is 7.04. The number of carbonyl (C=O) groups is 1. The van der Waals surface area contributed by atoms with Crippen LogP contribution in [0.4, 0.5) is 5.82 Å². The third-order valence-electron chi connectivity index (χ3n) is 3.60. The highest BCUT2D eigenvalue weighted by atomic mass is 16.2. The first kappa shape index (κ1) is 14.3. The predicted molar refractivity (Wildman–Crippen MR) is 84.3 cm³/mol. The molecular weight excluding hydrogens is 280 g/mol. The van der Waals surface area contributed by atoms with Gasteiger partial charge in [-0.25, -0.2) is 4.68 Å². The van der Waals surface area contributed by atoms with Crippen LogP contribution in [-0.4, -0.2) is 31.9 Å². The fraction of sp³-hybridized carbons (Fsp3) is 0.267. The fourth-order valence-corrected chi connectivity index (χ4v) is 2.50. The summed E-state index contributed by atoms with van der Waals surface area (Å²) in [7, 11) is 1.81. The minimum absolute atomic E-state index is 0.252. The molecule has 0 aliphatic carbocycles. The van der Waals surface area contributed by atoms with Crippen LogP contribution in [0.15, 0.2) is 30.3 Å². The Morgan fingerprint density at radius 2 is 2.14 bits per heavy atom. The summed E-state index contributed by atoms with van der Waals surface area (Å²) in [6.45, 7) is 1.87. The molecule has 0 spiro atoms. The molecule has 0 bridgehead atoms. The second-order valence-electron chi connectivity index (χ2n) is 5.29. The molecule has 0 fully saturated rings. The number of hydrogen-bond acceptors (Lipinski definition) is 4. The van der Waals surface area contributed by atoms with Crippen molar-refractivity contribution >= 4 is 22.8 Å². The minimum Gasteiger partial charge on any atom is -0.320 e. The molecular formula is C15H18N6O. The van der Waals surface area contributed by atoms with Crippen LogP contribution in [0.1, 0.15) is 11.3 Å². The summed E-state index contributed by atoms with van der Waals surface area (Å²) in [5, 5.41) is 14.9. The average molecular weight is 298 g/mol. The zero-order valence-corrected chi connectivity index (χ0v) is 12.5. The van der Waals surface area contributed by atoms with Gasteiger partial charge in [0, 0.05) is 7.05 Å². The van der Waals surface area contributed by atoms with Gasteiger partial charge in [0.2, 0.25) is 5.91 Å². The molecule has 0 unspecified atom stereocenters. The largest absolute Gasteiger partial charge is 0.320 e. The van der Waals surface area contributed by atoms with Crippen molar-refractivity contribution < 1.29 is 4.79 Å². The molecule has 1 aromatic carbocycles. The van der Waals surface area contributed by atoms with Gasteiger partial charge in [0.05, 0.1) is 17.1 Å². The second kappa shape index (κ2) is 5.61. The lowest BCUT2D eigenvalue weighted by Gasteiger charge is -2.11. The highest BCUT2D eigenvalue weighted by Crippen LogP contribution is 2.23. The predicted octanol–water partition coefficient (Wildman–Crippen LogP) is 1.11. The number of carbonyl (C=O) groups excluding carboxylic acids is 1. The topological polar surface area (TPSA) is 102 Å². The van der Waals surface area contributed by atoms with Crippen LogP contribution in [0.5, 0.6) is 0 Å². The number of H-pyrrole nitrogens is 1. The highest BCUT2D eigenvalue weighted by Gasteiger charge is 2.19. The van der Waals surface area contributed by atoms with Gasteiger partial charge in [-0.1, -0.05) is 30.3 Å². The van der Waals surface area contributed by atoms with Gasteiger partial charge in [-0.15, -0.1) is 0 Å². The van der Waals surface area contributed by atoms with E-state index in [9.17, 15) is 4.79 Å². The van der Waals surface area contributed by atoms with E-state index < -0.39 is 6.04 Å². The van der Waals surface area contributed by atoms with Crippen molar-refractivity contribution in [3.63, 3.8) is 0 Å². The van der Waals surface area contributed by atoms with Crippen molar-refractivity contribution in [3.05, 3.63) is 41.6 Å². The maximum atomic E-state index is 12.3. The normalized spacial score (nSPS) is 12.5. The Kier molecular flexibility index (Phi) is 3.64. The number of nitrogens with zero attached hydrogens (tertiary/aromatic N) is 3. The Morgan fingerprint density at radius 3 is 2.86 bits per heavy atom. The number of nitrogens with two attached hydrogens (primary N) is 1. The van der Waals surface area contributed by atoms with E-state index >= 15 is 0 Å². The number of hydrogen-bond donors (Lipinski definition) is 3. The lowest BCUT2D eigenvalue weighted by Crippen LogP contribution is -2.37. The van der Waals surface area contributed by atoms with Gasteiger partial charge in [-0.05, 0) is 18.9 Å². The smallest absolute Gasteiger partial charge is 0.242 e. The molecule has 114 valence electrons. The highest BCUT2D eigenvalue weighted by molar-refractivity contribution is 6.01. The van der Waals surface area contributed by atoms with E-state index in [0.29, 0.717) is 17.9 Å². The molecule has 2 heterocycles. The molecule has 3 rings (SSSR count). The monoisotopic (exact) mass is 298 g/mol. The Hall–Kier alpha value is -2.67. The van der Waals surface area contributed by atoms with Crippen molar-refractivity contribution in [2.45, 2.75) is 19.4 Å². The van der Waals surface area contributed by atoms with Crippen LogP contribution < -0.4 is 11.1 Å². The van der Waals surface area contributed by atoms with E-state index in [2.05, 4.69) is 20.6 Å². The summed E-state index contributed by atoms with van der Waals surface area (Å²) in [4.78, 5) is 12.3.